The summed E-state index contributed by atoms with van der Waals surface area (Å²) in [6.45, 7) is 7.78. The third-order valence-corrected chi connectivity index (χ3v) is 5.09. The molecular formula is C18H24N6O. The van der Waals surface area contributed by atoms with Gasteiger partial charge in [0.25, 0.3) is 5.91 Å². The molecule has 1 N–H and O–H groups in total. The lowest BCUT2D eigenvalue weighted by Crippen LogP contribution is -2.35. The second kappa shape index (κ2) is 6.55. The molecule has 0 bridgehead atoms. The minimum Gasteiger partial charge on any atom is -0.347 e. The number of pyridine rings is 1. The van der Waals surface area contributed by atoms with Crippen molar-refractivity contribution in [2.45, 2.75) is 39.4 Å². The number of fused-ring (bicyclic) bond motifs is 2. The van der Waals surface area contributed by atoms with Crippen LogP contribution in [0.3, 0.4) is 0 Å². The molecule has 0 spiro atoms. The van der Waals surface area contributed by atoms with Crippen LogP contribution in [0.2, 0.25) is 0 Å². The fourth-order valence-corrected chi connectivity index (χ4v) is 3.99. The first-order valence-corrected chi connectivity index (χ1v) is 8.94. The third-order valence-electron chi connectivity index (χ3n) is 5.09. The first kappa shape index (κ1) is 16.2. The number of nitrogens with one attached hydrogen (secondary N) is 1. The summed E-state index contributed by atoms with van der Waals surface area (Å²) in [5.74, 6) is 2.41. The van der Waals surface area contributed by atoms with Crippen LogP contribution in [0.1, 0.15) is 35.9 Å². The minimum atomic E-state index is -0.127. The van der Waals surface area contributed by atoms with Crippen molar-refractivity contribution < 1.29 is 4.79 Å². The quantitative estimate of drug-likeness (QED) is 0.902. The monoisotopic (exact) mass is 340 g/mol. The predicted molar refractivity (Wildman–Crippen MR) is 92.8 cm³/mol. The van der Waals surface area contributed by atoms with Crippen molar-refractivity contribution in [3.8, 4) is 0 Å². The average molecular weight is 340 g/mol. The van der Waals surface area contributed by atoms with E-state index in [4.69, 9.17) is 0 Å². The van der Waals surface area contributed by atoms with Gasteiger partial charge in [-0.2, -0.15) is 0 Å². The van der Waals surface area contributed by atoms with Gasteiger partial charge in [0.05, 0.1) is 0 Å². The first-order chi connectivity index (χ1) is 12.1. The Balaban J connectivity index is 1.45. The zero-order valence-corrected chi connectivity index (χ0v) is 14.7. The highest BCUT2D eigenvalue weighted by Crippen LogP contribution is 2.33. The molecule has 0 aromatic carbocycles. The molecule has 2 atom stereocenters. The van der Waals surface area contributed by atoms with Crippen molar-refractivity contribution >= 4 is 5.91 Å². The molecule has 2 aromatic rings. The van der Waals surface area contributed by atoms with Gasteiger partial charge in [0.2, 0.25) is 5.82 Å². The summed E-state index contributed by atoms with van der Waals surface area (Å²) in [6.07, 6.45) is 4.64. The maximum absolute atomic E-state index is 12.3. The van der Waals surface area contributed by atoms with Crippen molar-refractivity contribution in [3.05, 3.63) is 41.7 Å². The number of carbonyl (C=O) groups is 1. The zero-order valence-electron chi connectivity index (χ0n) is 14.7. The summed E-state index contributed by atoms with van der Waals surface area (Å²) in [5, 5.41) is 11.3. The van der Waals surface area contributed by atoms with E-state index >= 15 is 0 Å². The molecule has 25 heavy (non-hydrogen) atoms. The Kier molecular flexibility index (Phi) is 4.25. The van der Waals surface area contributed by atoms with Crippen LogP contribution in [-0.2, 0) is 19.5 Å². The number of carbonyl (C=O) groups excluding carboxylic acids is 1. The van der Waals surface area contributed by atoms with Gasteiger partial charge in [0.1, 0.15) is 5.82 Å². The summed E-state index contributed by atoms with van der Waals surface area (Å²) in [4.78, 5) is 19.0. The molecule has 0 radical (unpaired) electrons. The molecule has 0 aliphatic carbocycles. The highest BCUT2D eigenvalue weighted by atomic mass is 16.2. The summed E-state index contributed by atoms with van der Waals surface area (Å²) in [6, 6.07) is 4.20. The van der Waals surface area contributed by atoms with Crippen LogP contribution in [-0.4, -0.2) is 49.7 Å². The minimum absolute atomic E-state index is 0.0956. The molecule has 4 heterocycles. The smallest absolute Gasteiger partial charge is 0.289 e. The van der Waals surface area contributed by atoms with E-state index in [0.717, 1.165) is 38.4 Å². The Morgan fingerprint density at radius 2 is 2.12 bits per heavy atom. The third kappa shape index (κ3) is 3.28. The molecule has 132 valence electrons. The number of hydrogen-bond donors (Lipinski definition) is 1. The highest BCUT2D eigenvalue weighted by molar-refractivity contribution is 5.90. The molecule has 7 heteroatoms. The summed E-state index contributed by atoms with van der Waals surface area (Å²) in [7, 11) is 0. The summed E-state index contributed by atoms with van der Waals surface area (Å²) >= 11 is 0. The Morgan fingerprint density at radius 3 is 2.88 bits per heavy atom. The highest BCUT2D eigenvalue weighted by Gasteiger charge is 2.39. The maximum atomic E-state index is 12.3. The van der Waals surface area contributed by atoms with Gasteiger partial charge < -0.3 is 9.88 Å². The second-order valence-corrected chi connectivity index (χ2v) is 7.46. The van der Waals surface area contributed by atoms with E-state index in [1.807, 2.05) is 36.9 Å². The number of likely N-dealkylation sites (tertiary alicyclic amines) is 1. The number of nitrogens with zero attached hydrogens (tertiary/aromatic N) is 5. The molecule has 7 nitrogen and oxygen atoms in total. The number of rotatable bonds is 4. The van der Waals surface area contributed by atoms with Crippen molar-refractivity contribution in [1.29, 1.82) is 0 Å². The van der Waals surface area contributed by atoms with Gasteiger partial charge in [-0.25, -0.2) is 0 Å². The Hall–Kier alpha value is -2.28. The molecule has 1 fully saturated rings. The van der Waals surface area contributed by atoms with Gasteiger partial charge in [-0.15, -0.1) is 10.2 Å². The molecule has 4 rings (SSSR count). The fourth-order valence-electron chi connectivity index (χ4n) is 3.99. The van der Waals surface area contributed by atoms with Gasteiger partial charge in [0.15, 0.2) is 0 Å². The lowest BCUT2D eigenvalue weighted by atomic mass is 9.89. The van der Waals surface area contributed by atoms with E-state index in [-0.39, 0.29) is 11.9 Å². The van der Waals surface area contributed by atoms with Crippen LogP contribution in [0.4, 0.5) is 0 Å². The molecule has 1 saturated heterocycles. The predicted octanol–water partition coefficient (Wildman–Crippen LogP) is 1.12. The molecular weight excluding hydrogens is 316 g/mol. The van der Waals surface area contributed by atoms with E-state index in [1.165, 1.54) is 5.56 Å². The van der Waals surface area contributed by atoms with Crippen molar-refractivity contribution in [1.82, 2.24) is 30.0 Å². The molecule has 2 aliphatic heterocycles. The SMILES string of the molecule is CC(C)NC(=O)c1nnc2n1C[C@H]1CN(Cc3cccnc3)C[C@@H]1C2. The Labute approximate surface area is 147 Å². The molecule has 2 aromatic heterocycles. The molecule has 0 unspecified atom stereocenters. The molecule has 2 aliphatic rings. The standard InChI is InChI=1S/C18H24N6O/c1-12(2)20-18(25)17-22-21-16-6-14-9-23(10-15(14)11-24(16)17)8-13-4-3-5-19-7-13/h3-5,7,12,14-15H,6,8-11H2,1-2H3,(H,20,25)/t14-,15+/m0/s1. The van der Waals surface area contributed by atoms with E-state index < -0.39 is 0 Å². The normalized spacial score (nSPS) is 22.7. The van der Waals surface area contributed by atoms with Crippen LogP contribution in [0.5, 0.6) is 0 Å². The summed E-state index contributed by atoms with van der Waals surface area (Å²) in [5.41, 5.74) is 1.25. The van der Waals surface area contributed by atoms with Crippen LogP contribution in [0, 0.1) is 11.8 Å². The lowest BCUT2D eigenvalue weighted by Gasteiger charge is -2.25. The van der Waals surface area contributed by atoms with Gasteiger partial charge >= 0.3 is 0 Å². The van der Waals surface area contributed by atoms with Crippen molar-refractivity contribution in [2.24, 2.45) is 11.8 Å². The van der Waals surface area contributed by atoms with Crippen LogP contribution in [0.25, 0.3) is 0 Å². The van der Waals surface area contributed by atoms with Crippen LogP contribution < -0.4 is 5.32 Å². The lowest BCUT2D eigenvalue weighted by molar-refractivity contribution is 0.0924. The van der Waals surface area contributed by atoms with Crippen molar-refractivity contribution in [3.63, 3.8) is 0 Å². The molecule has 1 amide bonds. The number of hydrogen-bond acceptors (Lipinski definition) is 5. The van der Waals surface area contributed by atoms with Crippen molar-refractivity contribution in [2.75, 3.05) is 13.1 Å². The molecule has 0 saturated carbocycles. The average Bonchev–Trinajstić information content (AvgIpc) is 3.15. The van der Waals surface area contributed by atoms with Gasteiger partial charge in [-0.1, -0.05) is 6.07 Å². The van der Waals surface area contributed by atoms with Gasteiger partial charge in [0, 0.05) is 51.0 Å². The van der Waals surface area contributed by atoms with Gasteiger partial charge in [-0.3, -0.25) is 14.7 Å². The maximum Gasteiger partial charge on any atom is 0.289 e. The number of amides is 1. The number of aromatic nitrogens is 4. The Morgan fingerprint density at radius 1 is 1.28 bits per heavy atom. The van der Waals surface area contributed by atoms with Crippen LogP contribution in [0.15, 0.2) is 24.5 Å². The topological polar surface area (TPSA) is 75.9 Å². The Bertz CT molecular complexity index is 756. The first-order valence-electron chi connectivity index (χ1n) is 8.94. The van der Waals surface area contributed by atoms with E-state index in [0.29, 0.717) is 17.7 Å². The van der Waals surface area contributed by atoms with Crippen LogP contribution >= 0.6 is 0 Å². The van der Waals surface area contributed by atoms with E-state index in [9.17, 15) is 4.79 Å². The van der Waals surface area contributed by atoms with Gasteiger partial charge in [-0.05, 0) is 37.3 Å². The largest absolute Gasteiger partial charge is 0.347 e. The second-order valence-electron chi connectivity index (χ2n) is 7.46. The van der Waals surface area contributed by atoms with E-state index in [1.54, 1.807) is 0 Å². The van der Waals surface area contributed by atoms with E-state index in [2.05, 4.69) is 31.5 Å². The summed E-state index contributed by atoms with van der Waals surface area (Å²) < 4.78 is 2.02. The fraction of sp³-hybridized carbons (Fsp3) is 0.556. The zero-order chi connectivity index (χ0) is 17.4.